The summed E-state index contributed by atoms with van der Waals surface area (Å²) in [5.74, 6) is 0.173. The standard InChI is InChI=1S/C19H22ClN3O2/c1-14-4-2-5-15(10-14)7-8-18(24)23-9-3-6-17(13-23)25-19-21-11-16(20)12-22-19/h2,4-5,10-12,17H,3,6-9,13H2,1H3. The lowest BCUT2D eigenvalue weighted by Crippen LogP contribution is -2.44. The molecule has 2 aromatic rings. The number of nitrogens with zero attached hydrogens (tertiary/aromatic N) is 3. The highest BCUT2D eigenvalue weighted by atomic mass is 35.5. The predicted molar refractivity (Wildman–Crippen MR) is 96.8 cm³/mol. The third-order valence-corrected chi connectivity index (χ3v) is 4.50. The monoisotopic (exact) mass is 359 g/mol. The minimum Gasteiger partial charge on any atom is -0.458 e. The summed E-state index contributed by atoms with van der Waals surface area (Å²) in [7, 11) is 0. The van der Waals surface area contributed by atoms with Crippen LogP contribution in [0.4, 0.5) is 0 Å². The van der Waals surface area contributed by atoms with Gasteiger partial charge >= 0.3 is 6.01 Å². The van der Waals surface area contributed by atoms with Crippen molar-refractivity contribution in [3.05, 3.63) is 52.8 Å². The molecule has 0 bridgehead atoms. The van der Waals surface area contributed by atoms with Gasteiger partial charge in [0.15, 0.2) is 0 Å². The number of ether oxygens (including phenoxy) is 1. The van der Waals surface area contributed by atoms with E-state index in [2.05, 4.69) is 35.1 Å². The molecule has 1 saturated heterocycles. The van der Waals surface area contributed by atoms with Gasteiger partial charge in [-0.05, 0) is 31.7 Å². The maximum atomic E-state index is 12.5. The van der Waals surface area contributed by atoms with Crippen molar-refractivity contribution < 1.29 is 9.53 Å². The molecule has 0 spiro atoms. The number of amides is 1. The number of benzene rings is 1. The number of piperidine rings is 1. The number of aromatic nitrogens is 2. The average Bonchev–Trinajstić information content (AvgIpc) is 2.62. The summed E-state index contributed by atoms with van der Waals surface area (Å²) >= 11 is 5.78. The first-order valence-corrected chi connectivity index (χ1v) is 8.95. The van der Waals surface area contributed by atoms with Crippen molar-refractivity contribution in [2.24, 2.45) is 0 Å². The fourth-order valence-corrected chi connectivity index (χ4v) is 3.15. The van der Waals surface area contributed by atoms with Crippen LogP contribution in [-0.2, 0) is 11.2 Å². The summed E-state index contributed by atoms with van der Waals surface area (Å²) in [5.41, 5.74) is 2.42. The quantitative estimate of drug-likeness (QED) is 0.820. The molecule has 1 atom stereocenters. The Kier molecular flexibility index (Phi) is 5.87. The molecule has 1 aliphatic heterocycles. The highest BCUT2D eigenvalue weighted by molar-refractivity contribution is 6.30. The second kappa shape index (κ2) is 8.30. The molecule has 1 unspecified atom stereocenters. The van der Waals surface area contributed by atoms with Crippen LogP contribution >= 0.6 is 11.6 Å². The van der Waals surface area contributed by atoms with Gasteiger partial charge in [-0.1, -0.05) is 41.4 Å². The van der Waals surface area contributed by atoms with Crippen LogP contribution in [0.3, 0.4) is 0 Å². The number of aryl methyl sites for hydroxylation is 2. The minimum atomic E-state index is -0.0714. The van der Waals surface area contributed by atoms with Crippen LogP contribution in [0.5, 0.6) is 6.01 Å². The molecular formula is C19H22ClN3O2. The predicted octanol–water partition coefficient (Wildman–Crippen LogP) is 3.44. The van der Waals surface area contributed by atoms with Gasteiger partial charge in [0.25, 0.3) is 0 Å². The second-order valence-electron chi connectivity index (χ2n) is 6.39. The lowest BCUT2D eigenvalue weighted by molar-refractivity contribution is -0.133. The van der Waals surface area contributed by atoms with Crippen molar-refractivity contribution in [2.75, 3.05) is 13.1 Å². The number of carbonyl (C=O) groups excluding carboxylic acids is 1. The van der Waals surface area contributed by atoms with Crippen LogP contribution in [0.1, 0.15) is 30.4 Å². The number of likely N-dealkylation sites (tertiary alicyclic amines) is 1. The smallest absolute Gasteiger partial charge is 0.316 e. The Labute approximate surface area is 153 Å². The first kappa shape index (κ1) is 17.7. The van der Waals surface area contributed by atoms with Crippen LogP contribution in [-0.4, -0.2) is 40.0 Å². The molecule has 0 radical (unpaired) electrons. The zero-order chi connectivity index (χ0) is 17.6. The van der Waals surface area contributed by atoms with E-state index in [1.54, 1.807) is 0 Å². The van der Waals surface area contributed by atoms with E-state index in [9.17, 15) is 4.79 Å². The molecule has 1 aromatic carbocycles. The molecule has 0 aliphatic carbocycles. The fraction of sp³-hybridized carbons (Fsp3) is 0.421. The molecule has 1 amide bonds. The van der Waals surface area contributed by atoms with Crippen molar-refractivity contribution in [2.45, 2.75) is 38.7 Å². The summed E-state index contributed by atoms with van der Waals surface area (Å²) in [6, 6.07) is 8.61. The van der Waals surface area contributed by atoms with E-state index in [0.29, 0.717) is 24.0 Å². The second-order valence-corrected chi connectivity index (χ2v) is 6.83. The topological polar surface area (TPSA) is 55.3 Å². The van der Waals surface area contributed by atoms with E-state index in [1.165, 1.54) is 23.5 Å². The van der Waals surface area contributed by atoms with Gasteiger partial charge in [-0.15, -0.1) is 0 Å². The van der Waals surface area contributed by atoms with E-state index in [1.807, 2.05) is 11.0 Å². The van der Waals surface area contributed by atoms with E-state index in [4.69, 9.17) is 16.3 Å². The van der Waals surface area contributed by atoms with E-state index in [0.717, 1.165) is 25.8 Å². The molecule has 5 nitrogen and oxygen atoms in total. The first-order chi connectivity index (χ1) is 12.1. The Bertz CT molecular complexity index is 721. The molecule has 25 heavy (non-hydrogen) atoms. The minimum absolute atomic E-state index is 0.0714. The molecule has 0 saturated carbocycles. The van der Waals surface area contributed by atoms with Crippen LogP contribution in [0.25, 0.3) is 0 Å². The Morgan fingerprint density at radius 2 is 2.16 bits per heavy atom. The summed E-state index contributed by atoms with van der Waals surface area (Å²) in [6.45, 7) is 3.43. The van der Waals surface area contributed by atoms with E-state index >= 15 is 0 Å². The van der Waals surface area contributed by atoms with Crippen LogP contribution in [0.2, 0.25) is 5.02 Å². The van der Waals surface area contributed by atoms with Gasteiger partial charge in [-0.25, -0.2) is 9.97 Å². The van der Waals surface area contributed by atoms with Crippen molar-refractivity contribution in [1.82, 2.24) is 14.9 Å². The third-order valence-electron chi connectivity index (χ3n) is 4.31. The van der Waals surface area contributed by atoms with Gasteiger partial charge < -0.3 is 9.64 Å². The Morgan fingerprint density at radius 3 is 2.92 bits per heavy atom. The molecular weight excluding hydrogens is 338 g/mol. The number of hydrogen-bond donors (Lipinski definition) is 0. The van der Waals surface area contributed by atoms with Crippen molar-refractivity contribution in [1.29, 1.82) is 0 Å². The largest absolute Gasteiger partial charge is 0.458 e. The van der Waals surface area contributed by atoms with Crippen molar-refractivity contribution in [3.63, 3.8) is 0 Å². The van der Waals surface area contributed by atoms with Gasteiger partial charge in [-0.3, -0.25) is 4.79 Å². The molecule has 2 heterocycles. The fourth-order valence-electron chi connectivity index (χ4n) is 3.05. The Morgan fingerprint density at radius 1 is 1.36 bits per heavy atom. The zero-order valence-corrected chi connectivity index (χ0v) is 15.1. The van der Waals surface area contributed by atoms with Gasteiger partial charge in [0, 0.05) is 13.0 Å². The van der Waals surface area contributed by atoms with Crippen molar-refractivity contribution >= 4 is 17.5 Å². The SMILES string of the molecule is Cc1cccc(CCC(=O)N2CCCC(Oc3ncc(Cl)cn3)C2)c1. The van der Waals surface area contributed by atoms with E-state index in [-0.39, 0.29) is 12.0 Å². The van der Waals surface area contributed by atoms with Crippen molar-refractivity contribution in [3.8, 4) is 6.01 Å². The first-order valence-electron chi connectivity index (χ1n) is 8.57. The molecule has 3 rings (SSSR count). The highest BCUT2D eigenvalue weighted by Gasteiger charge is 2.25. The summed E-state index contributed by atoms with van der Waals surface area (Å²) in [5, 5.41) is 0.476. The zero-order valence-electron chi connectivity index (χ0n) is 14.3. The van der Waals surface area contributed by atoms with Crippen LogP contribution in [0, 0.1) is 6.92 Å². The summed E-state index contributed by atoms with van der Waals surface area (Å²) in [4.78, 5) is 22.5. The maximum Gasteiger partial charge on any atom is 0.316 e. The highest BCUT2D eigenvalue weighted by Crippen LogP contribution is 2.17. The molecule has 1 aliphatic rings. The normalized spacial score (nSPS) is 17.4. The van der Waals surface area contributed by atoms with Crippen LogP contribution in [0.15, 0.2) is 36.7 Å². The number of carbonyl (C=O) groups is 1. The van der Waals surface area contributed by atoms with Gasteiger partial charge in [0.2, 0.25) is 5.91 Å². The number of hydrogen-bond acceptors (Lipinski definition) is 4. The summed E-state index contributed by atoms with van der Waals surface area (Å²) in [6.07, 6.45) is 6.06. The van der Waals surface area contributed by atoms with Gasteiger partial charge in [0.05, 0.1) is 24.0 Å². The van der Waals surface area contributed by atoms with Gasteiger partial charge in [-0.2, -0.15) is 0 Å². The average molecular weight is 360 g/mol. The summed E-state index contributed by atoms with van der Waals surface area (Å²) < 4.78 is 5.79. The van der Waals surface area contributed by atoms with Crippen LogP contribution < -0.4 is 4.74 Å². The maximum absolute atomic E-state index is 12.5. The molecule has 0 N–H and O–H groups in total. The third kappa shape index (κ3) is 5.16. The number of rotatable bonds is 5. The Balaban J connectivity index is 1.51. The lowest BCUT2D eigenvalue weighted by atomic mass is 10.0. The van der Waals surface area contributed by atoms with E-state index < -0.39 is 0 Å². The Hall–Kier alpha value is -2.14. The number of halogens is 1. The van der Waals surface area contributed by atoms with Gasteiger partial charge in [0.1, 0.15) is 6.10 Å². The molecule has 6 heteroatoms. The molecule has 132 valence electrons. The molecule has 1 aromatic heterocycles. The lowest BCUT2D eigenvalue weighted by Gasteiger charge is -2.32. The molecule has 1 fully saturated rings.